The molecule has 1 N–H and O–H groups in total. The fraction of sp³-hybridized carbons (Fsp3) is 0.591. The molecule has 1 saturated carbocycles. The van der Waals surface area contributed by atoms with E-state index in [1.165, 1.54) is 6.92 Å². The Morgan fingerprint density at radius 3 is 2.62 bits per heavy atom. The van der Waals surface area contributed by atoms with E-state index in [4.69, 9.17) is 16.3 Å². The first-order chi connectivity index (χ1) is 13.5. The normalized spacial score (nSPS) is 26.0. The predicted octanol–water partition coefficient (Wildman–Crippen LogP) is 3.43. The number of esters is 1. The van der Waals surface area contributed by atoms with Crippen LogP contribution in [0.2, 0.25) is 5.02 Å². The van der Waals surface area contributed by atoms with Crippen LogP contribution in [0.1, 0.15) is 57.3 Å². The molecule has 0 radical (unpaired) electrons. The van der Waals surface area contributed by atoms with Gasteiger partial charge in [-0.2, -0.15) is 0 Å². The van der Waals surface area contributed by atoms with Gasteiger partial charge in [0.2, 0.25) is 0 Å². The van der Waals surface area contributed by atoms with Crippen molar-refractivity contribution in [2.75, 3.05) is 13.2 Å². The summed E-state index contributed by atoms with van der Waals surface area (Å²) in [6.07, 6.45) is 3.05. The van der Waals surface area contributed by atoms with Crippen molar-refractivity contribution in [3.05, 3.63) is 34.9 Å². The molecule has 3 atom stereocenters. The molecule has 1 heterocycles. The Hall–Kier alpha value is -2.08. The molecule has 1 saturated heterocycles. The van der Waals surface area contributed by atoms with Crippen molar-refractivity contribution in [3.8, 4) is 0 Å². The Morgan fingerprint density at radius 2 is 1.93 bits per heavy atom. The fourth-order valence-electron chi connectivity index (χ4n) is 5.07. The van der Waals surface area contributed by atoms with Crippen molar-refractivity contribution in [1.82, 2.24) is 10.2 Å². The summed E-state index contributed by atoms with van der Waals surface area (Å²) in [4.78, 5) is 39.1. The van der Waals surface area contributed by atoms with Gasteiger partial charge in [0.15, 0.2) is 6.61 Å². The second kappa shape index (κ2) is 7.98. The Kier molecular flexibility index (Phi) is 5.95. The number of benzene rings is 1. The maximum Gasteiger partial charge on any atom is 0.328 e. The average Bonchev–Trinajstić information content (AvgIpc) is 2.88. The molecule has 158 valence electrons. The van der Waals surface area contributed by atoms with E-state index >= 15 is 0 Å². The highest BCUT2D eigenvalue weighted by molar-refractivity contribution is 6.33. The first-order valence-electron chi connectivity index (χ1n) is 10.0. The summed E-state index contributed by atoms with van der Waals surface area (Å²) in [7, 11) is 0. The molecule has 3 rings (SSSR count). The largest absolute Gasteiger partial charge is 0.454 e. The topological polar surface area (TPSA) is 75.7 Å². The zero-order valence-electron chi connectivity index (χ0n) is 17.5. The number of hydrogen-bond acceptors (Lipinski definition) is 4. The molecule has 2 fully saturated rings. The number of nitrogens with one attached hydrogen (secondary N) is 1. The zero-order valence-corrected chi connectivity index (χ0v) is 18.2. The SMILES string of the molecule is C[C@H](NC(=O)c1ccccc1Cl)C(=O)OCC(=O)N1C[C@@]2(C)C[C@@H]1CC(C)(C)C2. The number of likely N-dealkylation sites (tertiary alicyclic amines) is 1. The van der Waals surface area contributed by atoms with Crippen LogP contribution in [0.15, 0.2) is 24.3 Å². The Morgan fingerprint density at radius 1 is 1.24 bits per heavy atom. The van der Waals surface area contributed by atoms with E-state index in [1.54, 1.807) is 24.3 Å². The number of ether oxygens (including phenoxy) is 1. The number of halogens is 1. The maximum atomic E-state index is 12.7. The van der Waals surface area contributed by atoms with E-state index in [0.29, 0.717) is 11.6 Å². The van der Waals surface area contributed by atoms with Crippen LogP contribution in [0.3, 0.4) is 0 Å². The van der Waals surface area contributed by atoms with Gasteiger partial charge in [-0.05, 0) is 49.1 Å². The van der Waals surface area contributed by atoms with Crippen LogP contribution >= 0.6 is 11.6 Å². The lowest BCUT2D eigenvalue weighted by molar-refractivity contribution is -0.153. The minimum atomic E-state index is -0.888. The number of hydrogen-bond donors (Lipinski definition) is 1. The van der Waals surface area contributed by atoms with Crippen molar-refractivity contribution < 1.29 is 19.1 Å². The van der Waals surface area contributed by atoms with Gasteiger partial charge in [-0.1, -0.05) is 44.5 Å². The Balaban J connectivity index is 1.52. The average molecular weight is 421 g/mol. The lowest BCUT2D eigenvalue weighted by Gasteiger charge is -2.39. The quantitative estimate of drug-likeness (QED) is 0.740. The molecule has 1 aromatic carbocycles. The first kappa shape index (κ1) is 21.6. The second-order valence-corrected chi connectivity index (χ2v) is 9.93. The molecule has 0 aromatic heterocycles. The molecule has 1 aromatic rings. The first-order valence-corrected chi connectivity index (χ1v) is 10.4. The molecule has 2 bridgehead atoms. The van der Waals surface area contributed by atoms with Crippen LogP contribution in [-0.4, -0.2) is 47.9 Å². The monoisotopic (exact) mass is 420 g/mol. The highest BCUT2D eigenvalue weighted by Crippen LogP contribution is 2.52. The summed E-state index contributed by atoms with van der Waals surface area (Å²) < 4.78 is 5.20. The summed E-state index contributed by atoms with van der Waals surface area (Å²) in [5.41, 5.74) is 0.619. The summed E-state index contributed by atoms with van der Waals surface area (Å²) >= 11 is 6.01. The van der Waals surface area contributed by atoms with Crippen molar-refractivity contribution >= 4 is 29.4 Å². The van der Waals surface area contributed by atoms with Gasteiger partial charge >= 0.3 is 5.97 Å². The maximum absolute atomic E-state index is 12.7. The summed E-state index contributed by atoms with van der Waals surface area (Å²) in [5, 5.41) is 2.86. The van der Waals surface area contributed by atoms with Crippen LogP contribution in [0, 0.1) is 10.8 Å². The third kappa shape index (κ3) is 4.92. The molecule has 0 unspecified atom stereocenters. The van der Waals surface area contributed by atoms with Crippen LogP contribution in [0.25, 0.3) is 0 Å². The zero-order chi connectivity index (χ0) is 21.4. The van der Waals surface area contributed by atoms with Crippen LogP contribution in [-0.2, 0) is 14.3 Å². The van der Waals surface area contributed by atoms with Gasteiger partial charge in [-0.15, -0.1) is 0 Å². The van der Waals surface area contributed by atoms with Gasteiger partial charge < -0.3 is 15.0 Å². The number of carbonyl (C=O) groups excluding carboxylic acids is 3. The predicted molar refractivity (Wildman–Crippen MR) is 111 cm³/mol. The van der Waals surface area contributed by atoms with Gasteiger partial charge in [-0.3, -0.25) is 9.59 Å². The molecular weight excluding hydrogens is 392 g/mol. The minimum Gasteiger partial charge on any atom is -0.454 e. The van der Waals surface area contributed by atoms with E-state index in [1.807, 2.05) is 4.90 Å². The highest BCUT2D eigenvalue weighted by atomic mass is 35.5. The smallest absolute Gasteiger partial charge is 0.328 e. The number of nitrogens with zero attached hydrogens (tertiary/aromatic N) is 1. The molecule has 1 aliphatic heterocycles. The van der Waals surface area contributed by atoms with Crippen molar-refractivity contribution in [1.29, 1.82) is 0 Å². The van der Waals surface area contributed by atoms with Gasteiger partial charge in [0.1, 0.15) is 6.04 Å². The lowest BCUT2D eigenvalue weighted by atomic mass is 9.65. The minimum absolute atomic E-state index is 0.127. The van der Waals surface area contributed by atoms with Crippen molar-refractivity contribution in [2.24, 2.45) is 10.8 Å². The molecule has 7 heteroatoms. The van der Waals surface area contributed by atoms with E-state index in [-0.39, 0.29) is 34.9 Å². The van der Waals surface area contributed by atoms with Crippen LogP contribution in [0.4, 0.5) is 0 Å². The van der Waals surface area contributed by atoms with Crippen LogP contribution < -0.4 is 5.32 Å². The fourth-order valence-corrected chi connectivity index (χ4v) is 5.29. The summed E-state index contributed by atoms with van der Waals surface area (Å²) in [6.45, 7) is 8.64. The van der Waals surface area contributed by atoms with Gasteiger partial charge in [-0.25, -0.2) is 4.79 Å². The molecule has 0 spiro atoms. The van der Waals surface area contributed by atoms with E-state index in [2.05, 4.69) is 26.1 Å². The number of amides is 2. The van der Waals surface area contributed by atoms with Crippen molar-refractivity contribution in [2.45, 2.75) is 59.0 Å². The molecule has 29 heavy (non-hydrogen) atoms. The van der Waals surface area contributed by atoms with E-state index < -0.39 is 17.9 Å². The molecule has 1 aliphatic carbocycles. The van der Waals surface area contributed by atoms with Crippen LogP contribution in [0.5, 0.6) is 0 Å². The van der Waals surface area contributed by atoms with Gasteiger partial charge in [0.05, 0.1) is 10.6 Å². The van der Waals surface area contributed by atoms with E-state index in [9.17, 15) is 14.4 Å². The Labute approximate surface area is 176 Å². The summed E-state index contributed by atoms with van der Waals surface area (Å²) in [6, 6.07) is 5.90. The van der Waals surface area contributed by atoms with Gasteiger partial charge in [0, 0.05) is 12.6 Å². The molecule has 2 amide bonds. The molecule has 6 nitrogen and oxygen atoms in total. The number of fused-ring (bicyclic) bond motifs is 2. The highest BCUT2D eigenvalue weighted by Gasteiger charge is 2.50. The standard InChI is InChI=1S/C22H29ClN2O4/c1-14(24-19(27)16-7-5-6-8-17(16)23)20(28)29-11-18(26)25-13-22(4)10-15(25)9-21(2,3)12-22/h5-8,14-15H,9-13H2,1-4H3,(H,24,27)/t14-,15-,22-/m0/s1. The van der Waals surface area contributed by atoms with E-state index in [0.717, 1.165) is 19.3 Å². The molecule has 2 aliphatic rings. The number of rotatable bonds is 5. The molecular formula is C22H29ClN2O4. The number of carbonyl (C=O) groups is 3. The summed E-state index contributed by atoms with van der Waals surface area (Å²) in [5.74, 6) is -1.28. The third-order valence-corrected chi connectivity index (χ3v) is 6.22. The van der Waals surface area contributed by atoms with Crippen molar-refractivity contribution in [3.63, 3.8) is 0 Å². The van der Waals surface area contributed by atoms with Gasteiger partial charge in [0.25, 0.3) is 11.8 Å². The second-order valence-electron chi connectivity index (χ2n) is 9.52. The third-order valence-electron chi connectivity index (χ3n) is 5.89. The Bertz CT molecular complexity index is 825. The lowest BCUT2D eigenvalue weighted by Crippen LogP contribution is -2.43.